The van der Waals surface area contributed by atoms with Gasteiger partial charge in [0, 0.05) is 23.6 Å². The molecule has 2 rings (SSSR count). The predicted molar refractivity (Wildman–Crippen MR) is 90.3 cm³/mol. The third kappa shape index (κ3) is 3.26. The molecule has 4 heteroatoms. The summed E-state index contributed by atoms with van der Waals surface area (Å²) in [6, 6.07) is 5.87. The fourth-order valence-electron chi connectivity index (χ4n) is 2.56. The molecule has 22 heavy (non-hydrogen) atoms. The number of fused-ring (bicyclic) bond motifs is 1. The molecule has 4 nitrogen and oxygen atoms in total. The van der Waals surface area contributed by atoms with Gasteiger partial charge < -0.3 is 15.0 Å². The quantitative estimate of drug-likeness (QED) is 0.856. The van der Waals surface area contributed by atoms with Gasteiger partial charge >= 0.3 is 0 Å². The van der Waals surface area contributed by atoms with Crippen LogP contribution in [-0.2, 0) is 10.2 Å². The second kappa shape index (κ2) is 6.42. The summed E-state index contributed by atoms with van der Waals surface area (Å²) in [5, 5.41) is 4.08. The lowest BCUT2D eigenvalue weighted by Crippen LogP contribution is -2.40. The molecular formula is C18H26N2O2. The van der Waals surface area contributed by atoms with Gasteiger partial charge in [0.1, 0.15) is 5.75 Å². The van der Waals surface area contributed by atoms with Crippen LogP contribution in [0.25, 0.3) is 10.9 Å². The van der Waals surface area contributed by atoms with Crippen molar-refractivity contribution < 1.29 is 9.53 Å². The van der Waals surface area contributed by atoms with E-state index in [-0.39, 0.29) is 5.91 Å². The molecule has 1 amide bonds. The summed E-state index contributed by atoms with van der Waals surface area (Å²) in [5.74, 6) is 1.43. The monoisotopic (exact) mass is 302 g/mol. The maximum absolute atomic E-state index is 12.6. The Morgan fingerprint density at radius 2 is 2.09 bits per heavy atom. The minimum absolute atomic E-state index is 0.0527. The molecule has 0 spiro atoms. The number of hydrogen-bond donors (Lipinski definition) is 2. The van der Waals surface area contributed by atoms with E-state index in [4.69, 9.17) is 4.74 Å². The Morgan fingerprint density at radius 1 is 1.36 bits per heavy atom. The first-order valence-corrected chi connectivity index (χ1v) is 7.80. The predicted octanol–water partition coefficient (Wildman–Crippen LogP) is 3.62. The fraction of sp³-hybridized carbons (Fsp3) is 0.500. The van der Waals surface area contributed by atoms with E-state index in [0.717, 1.165) is 28.6 Å². The molecule has 1 heterocycles. The minimum atomic E-state index is -0.596. The van der Waals surface area contributed by atoms with Gasteiger partial charge in [0.15, 0.2) is 0 Å². The number of carbonyl (C=O) groups excluding carboxylic acids is 1. The molecule has 0 atom stereocenters. The van der Waals surface area contributed by atoms with Crippen molar-refractivity contribution in [3.63, 3.8) is 0 Å². The van der Waals surface area contributed by atoms with Crippen molar-refractivity contribution in [1.29, 1.82) is 0 Å². The molecule has 0 radical (unpaired) electrons. The number of benzene rings is 1. The molecule has 2 N–H and O–H groups in total. The number of nitrogens with one attached hydrogen (secondary N) is 2. The summed E-state index contributed by atoms with van der Waals surface area (Å²) in [7, 11) is 1.65. The zero-order valence-electron chi connectivity index (χ0n) is 14.1. The number of ether oxygens (including phenoxy) is 1. The highest BCUT2D eigenvalue weighted by Gasteiger charge is 2.32. The number of amides is 1. The first kappa shape index (κ1) is 16.4. The lowest BCUT2D eigenvalue weighted by molar-refractivity contribution is -0.125. The third-order valence-electron chi connectivity index (χ3n) is 4.14. The molecule has 0 saturated heterocycles. The van der Waals surface area contributed by atoms with E-state index in [0.29, 0.717) is 12.5 Å². The summed E-state index contributed by atoms with van der Waals surface area (Å²) in [4.78, 5) is 15.8. The molecule has 1 aromatic carbocycles. The van der Waals surface area contributed by atoms with Crippen molar-refractivity contribution in [1.82, 2.24) is 10.3 Å². The first-order valence-electron chi connectivity index (χ1n) is 7.80. The van der Waals surface area contributed by atoms with Gasteiger partial charge in [0.05, 0.1) is 12.5 Å². The van der Waals surface area contributed by atoms with E-state index in [1.54, 1.807) is 7.11 Å². The summed E-state index contributed by atoms with van der Waals surface area (Å²) >= 11 is 0. The van der Waals surface area contributed by atoms with Crippen LogP contribution in [0.5, 0.6) is 5.75 Å². The molecule has 0 unspecified atom stereocenters. The Labute approximate surface area is 132 Å². The zero-order valence-corrected chi connectivity index (χ0v) is 14.1. The second-order valence-electron chi connectivity index (χ2n) is 6.68. The fourth-order valence-corrected chi connectivity index (χ4v) is 2.56. The van der Waals surface area contributed by atoms with Crippen LogP contribution < -0.4 is 10.1 Å². The van der Waals surface area contributed by atoms with E-state index >= 15 is 0 Å². The summed E-state index contributed by atoms with van der Waals surface area (Å²) in [5.41, 5.74) is 1.41. The van der Waals surface area contributed by atoms with Gasteiger partial charge in [-0.1, -0.05) is 13.8 Å². The largest absolute Gasteiger partial charge is 0.497 e. The van der Waals surface area contributed by atoms with Crippen LogP contribution in [0, 0.1) is 5.92 Å². The number of carbonyl (C=O) groups is 1. The van der Waals surface area contributed by atoms with Gasteiger partial charge in [-0.05, 0) is 49.9 Å². The van der Waals surface area contributed by atoms with E-state index in [9.17, 15) is 4.79 Å². The molecule has 0 bridgehead atoms. The van der Waals surface area contributed by atoms with Gasteiger partial charge in [-0.25, -0.2) is 0 Å². The van der Waals surface area contributed by atoms with Gasteiger partial charge in [-0.15, -0.1) is 0 Å². The smallest absolute Gasteiger partial charge is 0.230 e. The van der Waals surface area contributed by atoms with Crippen LogP contribution >= 0.6 is 0 Å². The SMILES string of the molecule is COc1ccc2[nH]cc(C(C)(C)C(=O)NCCC(C)C)c2c1. The molecule has 0 fully saturated rings. The maximum atomic E-state index is 12.6. The van der Waals surface area contributed by atoms with Gasteiger partial charge in [0.2, 0.25) is 5.91 Å². The highest BCUT2D eigenvalue weighted by Crippen LogP contribution is 2.32. The summed E-state index contributed by atoms with van der Waals surface area (Å²) in [6.45, 7) is 8.94. The van der Waals surface area contributed by atoms with Crippen LogP contribution in [0.4, 0.5) is 0 Å². The number of hydrogen-bond acceptors (Lipinski definition) is 2. The normalized spacial score (nSPS) is 11.9. The van der Waals surface area contributed by atoms with Crippen molar-refractivity contribution in [3.8, 4) is 5.75 Å². The third-order valence-corrected chi connectivity index (χ3v) is 4.14. The minimum Gasteiger partial charge on any atom is -0.497 e. The van der Waals surface area contributed by atoms with Crippen LogP contribution in [0.1, 0.15) is 39.7 Å². The molecule has 0 saturated carbocycles. The Bertz CT molecular complexity index is 656. The molecule has 120 valence electrons. The number of methoxy groups -OCH3 is 1. The van der Waals surface area contributed by atoms with Gasteiger partial charge in [-0.2, -0.15) is 0 Å². The Balaban J connectivity index is 2.26. The van der Waals surface area contributed by atoms with Crippen molar-refractivity contribution in [2.45, 2.75) is 39.5 Å². The highest BCUT2D eigenvalue weighted by atomic mass is 16.5. The van der Waals surface area contributed by atoms with Crippen LogP contribution in [0.3, 0.4) is 0 Å². The van der Waals surface area contributed by atoms with Crippen molar-refractivity contribution in [2.24, 2.45) is 5.92 Å². The Hall–Kier alpha value is -1.97. The Kier molecular flexibility index (Phi) is 4.79. The van der Waals surface area contributed by atoms with E-state index in [1.165, 1.54) is 0 Å². The topological polar surface area (TPSA) is 54.1 Å². The average molecular weight is 302 g/mol. The van der Waals surface area contributed by atoms with Crippen LogP contribution in [0.2, 0.25) is 0 Å². The number of rotatable bonds is 6. The van der Waals surface area contributed by atoms with Gasteiger partial charge in [0.25, 0.3) is 0 Å². The van der Waals surface area contributed by atoms with Crippen molar-refractivity contribution in [3.05, 3.63) is 30.0 Å². The average Bonchev–Trinajstić information content (AvgIpc) is 2.90. The number of aromatic nitrogens is 1. The van der Waals surface area contributed by atoms with Crippen molar-refractivity contribution in [2.75, 3.05) is 13.7 Å². The van der Waals surface area contributed by atoms with Crippen LogP contribution in [-0.4, -0.2) is 24.5 Å². The molecule has 2 aromatic rings. The lowest BCUT2D eigenvalue weighted by Gasteiger charge is -2.24. The molecule has 1 aromatic heterocycles. The highest BCUT2D eigenvalue weighted by molar-refractivity contribution is 5.95. The maximum Gasteiger partial charge on any atom is 0.230 e. The zero-order chi connectivity index (χ0) is 16.3. The van der Waals surface area contributed by atoms with E-state index in [2.05, 4.69) is 24.1 Å². The number of aromatic amines is 1. The van der Waals surface area contributed by atoms with Crippen molar-refractivity contribution >= 4 is 16.8 Å². The first-order chi connectivity index (χ1) is 10.4. The van der Waals surface area contributed by atoms with Gasteiger partial charge in [-0.3, -0.25) is 4.79 Å². The molecular weight excluding hydrogens is 276 g/mol. The van der Waals surface area contributed by atoms with E-state index in [1.807, 2.05) is 38.2 Å². The Morgan fingerprint density at radius 3 is 2.73 bits per heavy atom. The van der Waals surface area contributed by atoms with E-state index < -0.39 is 5.41 Å². The summed E-state index contributed by atoms with van der Waals surface area (Å²) < 4.78 is 5.30. The lowest BCUT2D eigenvalue weighted by atomic mass is 9.83. The second-order valence-corrected chi connectivity index (χ2v) is 6.68. The molecule has 0 aliphatic heterocycles. The van der Waals surface area contributed by atoms with Crippen LogP contribution in [0.15, 0.2) is 24.4 Å². The number of H-pyrrole nitrogens is 1. The molecule has 0 aliphatic carbocycles. The standard InChI is InChI=1S/C18H26N2O2/c1-12(2)8-9-19-17(21)18(3,4)15-11-20-16-7-6-13(22-5)10-14(15)16/h6-7,10-12,20H,8-9H2,1-5H3,(H,19,21). The molecule has 0 aliphatic rings. The summed E-state index contributed by atoms with van der Waals surface area (Å²) in [6.07, 6.45) is 2.91.